The average Bonchev–Trinajstić information content (AvgIpc) is 2.61. The molecule has 1 unspecified atom stereocenters. The fourth-order valence-electron chi connectivity index (χ4n) is 1.70. The van der Waals surface area contributed by atoms with Gasteiger partial charge in [-0.1, -0.05) is 0 Å². The van der Waals surface area contributed by atoms with Gasteiger partial charge < -0.3 is 5.11 Å². The molecule has 0 spiro atoms. The first-order valence-corrected chi connectivity index (χ1v) is 5.29. The summed E-state index contributed by atoms with van der Waals surface area (Å²) in [6.07, 6.45) is 3.18. The summed E-state index contributed by atoms with van der Waals surface area (Å²) in [6.45, 7) is 0. The summed E-state index contributed by atoms with van der Waals surface area (Å²) in [7, 11) is 0. The van der Waals surface area contributed by atoms with Crippen molar-refractivity contribution in [3.05, 3.63) is 21.4 Å². The van der Waals surface area contributed by atoms with Crippen molar-refractivity contribution in [3.63, 3.8) is 0 Å². The van der Waals surface area contributed by atoms with Crippen LogP contribution in [0.4, 0.5) is 0 Å². The number of hydrogen-bond donors (Lipinski definition) is 1. The Hall–Kier alpha value is -0.850. The van der Waals surface area contributed by atoms with Gasteiger partial charge >= 0.3 is 0 Å². The molecule has 68 valence electrons. The molecule has 2 rings (SSSR count). The molecule has 1 heterocycles. The van der Waals surface area contributed by atoms with Crippen molar-refractivity contribution in [1.82, 2.24) is 0 Å². The number of nitrogens with zero attached hydrogens (tertiary/aromatic N) is 1. The number of aryl methyl sites for hydroxylation is 2. The molecule has 1 atom stereocenters. The fraction of sp³-hybridized carbons (Fsp3) is 0.500. The van der Waals surface area contributed by atoms with Gasteiger partial charge in [-0.05, 0) is 30.9 Å². The molecule has 0 saturated heterocycles. The minimum absolute atomic E-state index is 0.208. The number of nitriles is 1. The van der Waals surface area contributed by atoms with Crippen LogP contribution in [0.2, 0.25) is 0 Å². The van der Waals surface area contributed by atoms with Gasteiger partial charge in [-0.15, -0.1) is 11.3 Å². The lowest BCUT2D eigenvalue weighted by Crippen LogP contribution is -1.91. The molecule has 0 saturated carbocycles. The number of aliphatic hydroxyl groups is 1. The standard InChI is InChI=1S/C10H11NOS/c11-5-4-8(12)10-6-7-2-1-3-9(7)13-10/h6,8,12H,1-4H2. The SMILES string of the molecule is N#CCC(O)c1cc2c(s1)CCC2. The van der Waals surface area contributed by atoms with Crippen LogP contribution in [0.3, 0.4) is 0 Å². The molecule has 0 fully saturated rings. The van der Waals surface area contributed by atoms with Gasteiger partial charge in [0, 0.05) is 9.75 Å². The van der Waals surface area contributed by atoms with E-state index in [1.165, 1.54) is 16.9 Å². The maximum absolute atomic E-state index is 9.57. The second-order valence-corrected chi connectivity index (χ2v) is 4.50. The van der Waals surface area contributed by atoms with Crippen molar-refractivity contribution in [2.75, 3.05) is 0 Å². The van der Waals surface area contributed by atoms with E-state index in [1.807, 2.05) is 6.07 Å². The normalized spacial score (nSPS) is 16.6. The topological polar surface area (TPSA) is 44.0 Å². The van der Waals surface area contributed by atoms with Crippen LogP contribution in [0, 0.1) is 11.3 Å². The highest BCUT2D eigenvalue weighted by Gasteiger charge is 2.18. The lowest BCUT2D eigenvalue weighted by atomic mass is 10.2. The van der Waals surface area contributed by atoms with Crippen LogP contribution >= 0.6 is 11.3 Å². The Balaban J connectivity index is 2.19. The third-order valence-electron chi connectivity index (χ3n) is 2.38. The zero-order chi connectivity index (χ0) is 9.26. The van der Waals surface area contributed by atoms with E-state index in [9.17, 15) is 5.11 Å². The molecule has 0 bridgehead atoms. The Kier molecular flexibility index (Phi) is 2.34. The van der Waals surface area contributed by atoms with Gasteiger partial charge in [-0.25, -0.2) is 0 Å². The van der Waals surface area contributed by atoms with Gasteiger partial charge in [0.2, 0.25) is 0 Å². The highest BCUT2D eigenvalue weighted by Crippen LogP contribution is 2.34. The number of rotatable bonds is 2. The summed E-state index contributed by atoms with van der Waals surface area (Å²) in [5.74, 6) is 0. The Morgan fingerprint density at radius 1 is 1.62 bits per heavy atom. The Labute approximate surface area is 81.4 Å². The van der Waals surface area contributed by atoms with Crippen molar-refractivity contribution in [3.8, 4) is 6.07 Å². The lowest BCUT2D eigenvalue weighted by Gasteiger charge is -2.01. The summed E-state index contributed by atoms with van der Waals surface area (Å²) < 4.78 is 0. The van der Waals surface area contributed by atoms with Crippen LogP contribution in [-0.2, 0) is 12.8 Å². The first-order chi connectivity index (χ1) is 6.31. The molecule has 13 heavy (non-hydrogen) atoms. The van der Waals surface area contributed by atoms with E-state index in [0.29, 0.717) is 0 Å². The third kappa shape index (κ3) is 1.60. The smallest absolute Gasteiger partial charge is 0.101 e. The molecule has 3 heteroatoms. The second-order valence-electron chi connectivity index (χ2n) is 3.33. The number of thiophene rings is 1. The molecule has 2 nitrogen and oxygen atoms in total. The van der Waals surface area contributed by atoms with Gasteiger partial charge in [0.25, 0.3) is 0 Å². The van der Waals surface area contributed by atoms with E-state index in [-0.39, 0.29) is 6.42 Å². The lowest BCUT2D eigenvalue weighted by molar-refractivity contribution is 0.187. The fourth-order valence-corrected chi connectivity index (χ4v) is 2.95. The van der Waals surface area contributed by atoms with Crippen molar-refractivity contribution < 1.29 is 5.11 Å². The Morgan fingerprint density at radius 3 is 3.15 bits per heavy atom. The predicted octanol–water partition coefficient (Wildman–Crippen LogP) is 2.18. The number of fused-ring (bicyclic) bond motifs is 1. The summed E-state index contributed by atoms with van der Waals surface area (Å²) in [4.78, 5) is 2.37. The molecule has 1 aliphatic carbocycles. The minimum atomic E-state index is -0.569. The van der Waals surface area contributed by atoms with Crippen LogP contribution in [0.5, 0.6) is 0 Å². The van der Waals surface area contributed by atoms with Crippen LogP contribution in [0.15, 0.2) is 6.07 Å². The zero-order valence-electron chi connectivity index (χ0n) is 7.29. The first-order valence-electron chi connectivity index (χ1n) is 4.47. The van der Waals surface area contributed by atoms with E-state index in [4.69, 9.17) is 5.26 Å². The van der Waals surface area contributed by atoms with Crippen molar-refractivity contribution in [2.45, 2.75) is 31.8 Å². The average molecular weight is 193 g/mol. The van der Waals surface area contributed by atoms with Crippen LogP contribution in [-0.4, -0.2) is 5.11 Å². The summed E-state index contributed by atoms with van der Waals surface area (Å²) in [5, 5.41) is 18.0. The summed E-state index contributed by atoms with van der Waals surface area (Å²) in [6, 6.07) is 4.05. The van der Waals surface area contributed by atoms with E-state index < -0.39 is 6.10 Å². The predicted molar refractivity (Wildman–Crippen MR) is 51.5 cm³/mol. The number of aliphatic hydroxyl groups excluding tert-OH is 1. The molecule has 1 aliphatic rings. The number of hydrogen-bond acceptors (Lipinski definition) is 3. The molecule has 0 aromatic carbocycles. The van der Waals surface area contributed by atoms with Gasteiger partial charge in [0.15, 0.2) is 0 Å². The van der Waals surface area contributed by atoms with Crippen LogP contribution in [0.25, 0.3) is 0 Å². The van der Waals surface area contributed by atoms with E-state index in [1.54, 1.807) is 11.3 Å². The molecular formula is C10H11NOS. The molecule has 1 N–H and O–H groups in total. The van der Waals surface area contributed by atoms with E-state index in [2.05, 4.69) is 6.07 Å². The molecule has 0 amide bonds. The monoisotopic (exact) mass is 193 g/mol. The molecule has 0 radical (unpaired) electrons. The van der Waals surface area contributed by atoms with Gasteiger partial charge in [0.1, 0.15) is 6.10 Å². The van der Waals surface area contributed by atoms with Crippen LogP contribution < -0.4 is 0 Å². The molecule has 0 aliphatic heterocycles. The van der Waals surface area contributed by atoms with Crippen molar-refractivity contribution in [2.24, 2.45) is 0 Å². The van der Waals surface area contributed by atoms with Crippen molar-refractivity contribution >= 4 is 11.3 Å². The second kappa shape index (κ2) is 3.49. The molecular weight excluding hydrogens is 182 g/mol. The maximum atomic E-state index is 9.57. The highest BCUT2D eigenvalue weighted by atomic mass is 32.1. The molecule has 1 aromatic heterocycles. The third-order valence-corrected chi connectivity index (χ3v) is 3.72. The van der Waals surface area contributed by atoms with Gasteiger partial charge in [-0.3, -0.25) is 0 Å². The molecule has 1 aromatic rings. The summed E-state index contributed by atoms with van der Waals surface area (Å²) in [5.41, 5.74) is 1.39. The minimum Gasteiger partial charge on any atom is -0.386 e. The largest absolute Gasteiger partial charge is 0.386 e. The van der Waals surface area contributed by atoms with E-state index >= 15 is 0 Å². The van der Waals surface area contributed by atoms with Gasteiger partial charge in [-0.2, -0.15) is 5.26 Å². The Morgan fingerprint density at radius 2 is 2.46 bits per heavy atom. The van der Waals surface area contributed by atoms with Crippen molar-refractivity contribution in [1.29, 1.82) is 5.26 Å². The highest BCUT2D eigenvalue weighted by molar-refractivity contribution is 7.12. The van der Waals surface area contributed by atoms with E-state index in [0.717, 1.165) is 17.7 Å². The zero-order valence-corrected chi connectivity index (χ0v) is 8.10. The van der Waals surface area contributed by atoms with Crippen LogP contribution in [0.1, 0.15) is 34.3 Å². The first kappa shape index (κ1) is 8.74. The quantitative estimate of drug-likeness (QED) is 0.782. The Bertz CT molecular complexity index is 329. The maximum Gasteiger partial charge on any atom is 0.101 e. The van der Waals surface area contributed by atoms with Gasteiger partial charge in [0.05, 0.1) is 12.5 Å². The summed E-state index contributed by atoms with van der Waals surface area (Å²) >= 11 is 1.67.